The first-order chi connectivity index (χ1) is 3.00. The monoisotopic (exact) mass is 257 g/mol. The van der Waals surface area contributed by atoms with Crippen molar-refractivity contribution in [2.45, 2.75) is 0 Å². The van der Waals surface area contributed by atoms with E-state index in [1.807, 2.05) is 30.3 Å². The Labute approximate surface area is 62.3 Å². The summed E-state index contributed by atoms with van der Waals surface area (Å²) in [5.41, 5.74) is 0. The number of rotatable bonds is 0. The summed E-state index contributed by atoms with van der Waals surface area (Å²) in [4.78, 5) is 0. The topological polar surface area (TPSA) is 0 Å². The first-order valence-electron chi connectivity index (χ1n) is 1.91. The zero-order valence-electron chi connectivity index (χ0n) is 3.89. The third-order valence-corrected chi connectivity index (χ3v) is 0.607. The zero-order valence-corrected chi connectivity index (χ0v) is 7.48. The fraction of sp³-hybridized carbons (Fsp3) is 0. The average Bonchev–Trinajstić information content (AvgIpc) is 1.72. The van der Waals surface area contributed by atoms with E-state index in [0.717, 1.165) is 0 Å². The molecule has 0 nitrogen and oxygen atoms in total. The van der Waals surface area contributed by atoms with Gasteiger partial charge in [0, 0.05) is 25.8 Å². The minimum atomic E-state index is 0. The molecule has 1 aromatic carbocycles. The van der Waals surface area contributed by atoms with Gasteiger partial charge >= 0.3 is 0 Å². The van der Waals surface area contributed by atoms with Gasteiger partial charge in [0.05, 0.1) is 0 Å². The smallest absolute Gasteiger partial charge is 0 e. The Bertz CT molecular complexity index is 76.1. The molecule has 0 aliphatic carbocycles. The number of benzene rings is 1. The molecular formula is C6H5Hf-. The molecule has 0 amide bonds. The molecule has 0 aliphatic heterocycles. The van der Waals surface area contributed by atoms with Gasteiger partial charge in [-0.25, -0.2) is 0 Å². The largest absolute Gasteiger partial charge is 0.184 e. The van der Waals surface area contributed by atoms with Gasteiger partial charge in [0.15, 0.2) is 0 Å². The van der Waals surface area contributed by atoms with Crippen LogP contribution in [-0.4, -0.2) is 0 Å². The van der Waals surface area contributed by atoms with Crippen LogP contribution in [0.4, 0.5) is 0 Å². The van der Waals surface area contributed by atoms with E-state index >= 15 is 0 Å². The maximum atomic E-state index is 2.89. The van der Waals surface area contributed by atoms with Crippen LogP contribution in [0.25, 0.3) is 0 Å². The molecule has 0 radical (unpaired) electrons. The van der Waals surface area contributed by atoms with Gasteiger partial charge in [0.2, 0.25) is 0 Å². The minimum Gasteiger partial charge on any atom is -0.184 e. The van der Waals surface area contributed by atoms with E-state index in [2.05, 4.69) is 6.07 Å². The number of hydrogen-bond acceptors (Lipinski definition) is 0. The normalized spacial score (nSPS) is 6.86. The fourth-order valence-electron chi connectivity index (χ4n) is 0.342. The molecule has 0 bridgehead atoms. The van der Waals surface area contributed by atoms with Gasteiger partial charge in [-0.15, -0.1) is 0 Å². The van der Waals surface area contributed by atoms with Crippen molar-refractivity contribution < 1.29 is 25.8 Å². The Morgan fingerprint density at radius 3 is 1.57 bits per heavy atom. The van der Waals surface area contributed by atoms with Crippen LogP contribution in [0.2, 0.25) is 0 Å². The van der Waals surface area contributed by atoms with Crippen molar-refractivity contribution in [3.05, 3.63) is 36.4 Å². The quantitative estimate of drug-likeness (QED) is 0.487. The first-order valence-corrected chi connectivity index (χ1v) is 1.91. The van der Waals surface area contributed by atoms with Crippen LogP contribution in [0.1, 0.15) is 0 Å². The van der Waals surface area contributed by atoms with Crippen LogP contribution in [0, 0.1) is 6.07 Å². The predicted molar refractivity (Wildman–Crippen MR) is 25.3 cm³/mol. The average molecular weight is 256 g/mol. The second kappa shape index (κ2) is 4.25. The number of hydrogen-bond donors (Lipinski definition) is 0. The van der Waals surface area contributed by atoms with E-state index in [4.69, 9.17) is 0 Å². The summed E-state index contributed by atoms with van der Waals surface area (Å²) in [6.07, 6.45) is 0. The molecule has 0 saturated heterocycles. The van der Waals surface area contributed by atoms with Gasteiger partial charge in [-0.05, 0) is 0 Å². The van der Waals surface area contributed by atoms with Gasteiger partial charge in [0.1, 0.15) is 0 Å². The van der Waals surface area contributed by atoms with E-state index in [1.54, 1.807) is 0 Å². The summed E-state index contributed by atoms with van der Waals surface area (Å²) in [5.74, 6) is 0. The maximum absolute atomic E-state index is 2.89. The van der Waals surface area contributed by atoms with Gasteiger partial charge in [-0.1, -0.05) is 0 Å². The van der Waals surface area contributed by atoms with E-state index in [1.165, 1.54) is 0 Å². The Hall–Kier alpha value is 0.0901. The predicted octanol–water partition coefficient (Wildman–Crippen LogP) is 1.48. The molecule has 7 heavy (non-hydrogen) atoms. The second-order valence-corrected chi connectivity index (χ2v) is 1.08. The standard InChI is InChI=1S/C6H5.Hf/c1-2-4-6-5-3-1;/h1-5H;/q-1;. The van der Waals surface area contributed by atoms with Crippen LogP contribution in [0.3, 0.4) is 0 Å². The molecule has 0 aliphatic rings. The van der Waals surface area contributed by atoms with Crippen LogP contribution in [0.5, 0.6) is 0 Å². The van der Waals surface area contributed by atoms with Crippen LogP contribution >= 0.6 is 0 Å². The summed E-state index contributed by atoms with van der Waals surface area (Å²) >= 11 is 0. The van der Waals surface area contributed by atoms with Gasteiger partial charge in [-0.3, -0.25) is 0 Å². The third-order valence-electron chi connectivity index (χ3n) is 0.607. The van der Waals surface area contributed by atoms with Crippen molar-refractivity contribution in [3.8, 4) is 0 Å². The molecule has 0 spiro atoms. The van der Waals surface area contributed by atoms with E-state index in [9.17, 15) is 0 Å². The Kier molecular flexibility index (Phi) is 4.31. The van der Waals surface area contributed by atoms with Crippen molar-refractivity contribution >= 4 is 0 Å². The second-order valence-electron chi connectivity index (χ2n) is 1.08. The SMILES string of the molecule is [Hf].[c-]1ccccc1. The molecule has 1 aromatic rings. The molecule has 0 N–H and O–H groups in total. The molecule has 0 saturated carbocycles. The fourth-order valence-corrected chi connectivity index (χ4v) is 0.342. The van der Waals surface area contributed by atoms with Crippen molar-refractivity contribution in [2.24, 2.45) is 0 Å². The van der Waals surface area contributed by atoms with Gasteiger partial charge < -0.3 is 0 Å². The van der Waals surface area contributed by atoms with Crippen molar-refractivity contribution in [3.63, 3.8) is 0 Å². The van der Waals surface area contributed by atoms with Crippen LogP contribution < -0.4 is 0 Å². The molecular weight excluding hydrogens is 251 g/mol. The molecule has 1 rings (SSSR count). The van der Waals surface area contributed by atoms with Crippen molar-refractivity contribution in [1.29, 1.82) is 0 Å². The molecule has 0 unspecified atom stereocenters. The summed E-state index contributed by atoms with van der Waals surface area (Å²) in [7, 11) is 0. The molecule has 0 heterocycles. The molecule has 0 atom stereocenters. The van der Waals surface area contributed by atoms with Gasteiger partial charge in [0.25, 0.3) is 0 Å². The molecule has 0 aromatic heterocycles. The maximum Gasteiger partial charge on any atom is 0 e. The summed E-state index contributed by atoms with van der Waals surface area (Å²) in [6.45, 7) is 0. The summed E-state index contributed by atoms with van der Waals surface area (Å²) in [6, 6.07) is 12.5. The van der Waals surface area contributed by atoms with Gasteiger partial charge in [-0.2, -0.15) is 36.4 Å². The molecule has 1 heteroatoms. The van der Waals surface area contributed by atoms with Crippen molar-refractivity contribution in [1.82, 2.24) is 0 Å². The van der Waals surface area contributed by atoms with E-state index < -0.39 is 0 Å². The van der Waals surface area contributed by atoms with E-state index in [-0.39, 0.29) is 25.8 Å². The first kappa shape index (κ1) is 7.09. The van der Waals surface area contributed by atoms with Crippen LogP contribution in [-0.2, 0) is 25.8 Å². The Morgan fingerprint density at radius 2 is 1.43 bits per heavy atom. The Balaban J connectivity index is 0.000000360. The molecule has 34 valence electrons. The van der Waals surface area contributed by atoms with Crippen LogP contribution in [0.15, 0.2) is 30.3 Å². The molecule has 0 fully saturated rings. The third kappa shape index (κ3) is 2.75. The minimum absolute atomic E-state index is 0. The Morgan fingerprint density at radius 1 is 0.857 bits per heavy atom. The summed E-state index contributed by atoms with van der Waals surface area (Å²) in [5, 5.41) is 0. The zero-order chi connectivity index (χ0) is 4.24. The summed E-state index contributed by atoms with van der Waals surface area (Å²) < 4.78 is 0. The van der Waals surface area contributed by atoms with Crippen molar-refractivity contribution in [2.75, 3.05) is 0 Å². The van der Waals surface area contributed by atoms with E-state index in [0.29, 0.717) is 0 Å².